The Morgan fingerprint density at radius 3 is 2.91 bits per heavy atom. The standard InChI is InChI=1S/C25H28BrN3O3S2/c1-16-5-2-3-9-28(16)23(30)15-27-13-17(20-12-18(26)7-8-21(20)27)11-22-24(31)29(25(33)34-22)14-19-6-4-10-32-19/h7-8,11-13,16,19H,2-6,9-10,14-15H2,1H3/b22-11-/t16-,19+/m1/s1. The minimum Gasteiger partial charge on any atom is -0.376 e. The molecule has 3 saturated heterocycles. The van der Waals surface area contributed by atoms with E-state index in [9.17, 15) is 9.59 Å². The summed E-state index contributed by atoms with van der Waals surface area (Å²) in [6.45, 7) is 4.50. The molecule has 1 aromatic heterocycles. The van der Waals surface area contributed by atoms with Crippen molar-refractivity contribution in [2.24, 2.45) is 0 Å². The number of thioether (sulfide) groups is 1. The molecule has 0 saturated carbocycles. The largest absolute Gasteiger partial charge is 0.376 e. The van der Waals surface area contributed by atoms with Gasteiger partial charge in [0.05, 0.1) is 17.6 Å². The van der Waals surface area contributed by atoms with E-state index in [1.165, 1.54) is 18.2 Å². The summed E-state index contributed by atoms with van der Waals surface area (Å²) >= 11 is 10.4. The fourth-order valence-electron chi connectivity index (χ4n) is 5.04. The predicted octanol–water partition coefficient (Wildman–Crippen LogP) is 5.19. The van der Waals surface area contributed by atoms with Crippen molar-refractivity contribution in [3.8, 4) is 0 Å². The number of carbonyl (C=O) groups is 2. The smallest absolute Gasteiger partial charge is 0.266 e. The van der Waals surface area contributed by atoms with Crippen molar-refractivity contribution in [2.75, 3.05) is 19.7 Å². The number of likely N-dealkylation sites (tertiary alicyclic amines) is 1. The van der Waals surface area contributed by atoms with Gasteiger partial charge in [-0.05, 0) is 63.3 Å². The van der Waals surface area contributed by atoms with Gasteiger partial charge in [-0.15, -0.1) is 0 Å². The van der Waals surface area contributed by atoms with Crippen molar-refractivity contribution in [3.63, 3.8) is 0 Å². The Bertz CT molecular complexity index is 1170. The first-order chi connectivity index (χ1) is 16.4. The number of fused-ring (bicyclic) bond motifs is 1. The molecule has 180 valence electrons. The van der Waals surface area contributed by atoms with E-state index in [1.54, 1.807) is 4.90 Å². The maximum atomic E-state index is 13.2. The molecule has 2 atom stereocenters. The summed E-state index contributed by atoms with van der Waals surface area (Å²) in [6, 6.07) is 6.32. The van der Waals surface area contributed by atoms with Crippen molar-refractivity contribution in [3.05, 3.63) is 39.3 Å². The summed E-state index contributed by atoms with van der Waals surface area (Å²) in [6.07, 6.45) is 9.24. The molecule has 4 heterocycles. The first-order valence-electron chi connectivity index (χ1n) is 11.9. The molecule has 2 aromatic rings. The summed E-state index contributed by atoms with van der Waals surface area (Å²) in [4.78, 5) is 30.6. The van der Waals surface area contributed by atoms with Crippen LogP contribution in [0.3, 0.4) is 0 Å². The summed E-state index contributed by atoms with van der Waals surface area (Å²) in [5.74, 6) is 0.0704. The van der Waals surface area contributed by atoms with Gasteiger partial charge >= 0.3 is 0 Å². The molecule has 0 unspecified atom stereocenters. The number of hydrogen-bond acceptors (Lipinski definition) is 5. The first-order valence-corrected chi connectivity index (χ1v) is 13.9. The quantitative estimate of drug-likeness (QED) is 0.371. The van der Waals surface area contributed by atoms with Crippen LogP contribution in [0.5, 0.6) is 0 Å². The van der Waals surface area contributed by atoms with Gasteiger partial charge in [-0.25, -0.2) is 0 Å². The fraction of sp³-hybridized carbons (Fsp3) is 0.480. The van der Waals surface area contributed by atoms with Gasteiger partial charge in [0.1, 0.15) is 10.9 Å². The van der Waals surface area contributed by atoms with E-state index >= 15 is 0 Å². The molecule has 3 aliphatic rings. The van der Waals surface area contributed by atoms with Gasteiger partial charge in [-0.2, -0.15) is 0 Å². The molecule has 5 rings (SSSR count). The minimum atomic E-state index is -0.0698. The van der Waals surface area contributed by atoms with E-state index in [1.807, 2.05) is 39.9 Å². The molecule has 0 N–H and O–H groups in total. The zero-order valence-electron chi connectivity index (χ0n) is 19.2. The Kier molecular flexibility index (Phi) is 7.16. The predicted molar refractivity (Wildman–Crippen MR) is 144 cm³/mol. The number of ether oxygens (including phenoxy) is 1. The molecule has 0 spiro atoms. The lowest BCUT2D eigenvalue weighted by Crippen LogP contribution is -2.43. The second-order valence-corrected chi connectivity index (χ2v) is 11.8. The summed E-state index contributed by atoms with van der Waals surface area (Å²) in [5, 5.41) is 0.998. The molecule has 0 bridgehead atoms. The number of benzene rings is 1. The number of thiocarbonyl (C=S) groups is 1. The van der Waals surface area contributed by atoms with Crippen LogP contribution in [-0.4, -0.2) is 62.3 Å². The van der Waals surface area contributed by atoms with Gasteiger partial charge in [-0.1, -0.05) is 39.9 Å². The van der Waals surface area contributed by atoms with Crippen molar-refractivity contribution >= 4 is 73.0 Å². The van der Waals surface area contributed by atoms with Crippen molar-refractivity contribution < 1.29 is 14.3 Å². The molecule has 3 aliphatic heterocycles. The van der Waals surface area contributed by atoms with E-state index in [4.69, 9.17) is 17.0 Å². The van der Waals surface area contributed by atoms with Crippen molar-refractivity contribution in [1.29, 1.82) is 0 Å². The molecule has 3 fully saturated rings. The normalized spacial score (nSPS) is 24.7. The van der Waals surface area contributed by atoms with Crippen LogP contribution in [0, 0.1) is 0 Å². The highest BCUT2D eigenvalue weighted by Gasteiger charge is 2.35. The lowest BCUT2D eigenvalue weighted by atomic mass is 10.0. The monoisotopic (exact) mass is 561 g/mol. The van der Waals surface area contributed by atoms with Gasteiger partial charge in [0, 0.05) is 46.3 Å². The molecular weight excluding hydrogens is 534 g/mol. The highest BCUT2D eigenvalue weighted by molar-refractivity contribution is 9.10. The molecular formula is C25H28BrN3O3S2. The van der Waals surface area contributed by atoms with Crippen LogP contribution >= 0.6 is 39.9 Å². The Labute approximate surface area is 217 Å². The Balaban J connectivity index is 1.42. The summed E-state index contributed by atoms with van der Waals surface area (Å²) < 4.78 is 9.24. The van der Waals surface area contributed by atoms with E-state index in [0.717, 1.165) is 59.8 Å². The number of hydrogen-bond donors (Lipinski definition) is 0. The number of nitrogens with zero attached hydrogens (tertiary/aromatic N) is 3. The van der Waals surface area contributed by atoms with Gasteiger partial charge in [0.2, 0.25) is 5.91 Å². The number of halogens is 1. The van der Waals surface area contributed by atoms with Gasteiger partial charge in [0.25, 0.3) is 5.91 Å². The molecule has 34 heavy (non-hydrogen) atoms. The van der Waals surface area contributed by atoms with Crippen molar-refractivity contribution in [2.45, 2.75) is 57.7 Å². The summed E-state index contributed by atoms with van der Waals surface area (Å²) in [5.41, 5.74) is 1.88. The second-order valence-electron chi connectivity index (χ2n) is 9.23. The average Bonchev–Trinajstić information content (AvgIpc) is 3.50. The maximum Gasteiger partial charge on any atom is 0.266 e. The average molecular weight is 563 g/mol. The third-order valence-corrected chi connectivity index (χ3v) is 8.74. The van der Waals surface area contributed by atoms with Crippen LogP contribution in [-0.2, 0) is 20.9 Å². The van der Waals surface area contributed by atoms with Gasteiger partial charge in [-0.3, -0.25) is 14.5 Å². The van der Waals surface area contributed by atoms with Crippen LogP contribution in [0.25, 0.3) is 17.0 Å². The minimum absolute atomic E-state index is 0.0583. The Morgan fingerprint density at radius 2 is 2.15 bits per heavy atom. The number of amides is 2. The molecule has 1 aromatic carbocycles. The van der Waals surface area contributed by atoms with E-state index in [2.05, 4.69) is 22.9 Å². The molecule has 6 nitrogen and oxygen atoms in total. The number of carbonyl (C=O) groups excluding carboxylic acids is 2. The van der Waals surface area contributed by atoms with Crippen LogP contribution < -0.4 is 0 Å². The van der Waals surface area contributed by atoms with Crippen LogP contribution in [0.4, 0.5) is 0 Å². The third-order valence-electron chi connectivity index (χ3n) is 6.87. The molecule has 0 aliphatic carbocycles. The van der Waals surface area contributed by atoms with Crippen molar-refractivity contribution in [1.82, 2.24) is 14.4 Å². The van der Waals surface area contributed by atoms with Gasteiger partial charge < -0.3 is 14.2 Å². The molecule has 2 amide bonds. The zero-order valence-corrected chi connectivity index (χ0v) is 22.4. The fourth-order valence-corrected chi connectivity index (χ4v) is 6.67. The van der Waals surface area contributed by atoms with Gasteiger partial charge in [0.15, 0.2) is 0 Å². The number of piperidine rings is 1. The van der Waals surface area contributed by atoms with E-state index < -0.39 is 0 Å². The SMILES string of the molecule is C[C@@H]1CCCCN1C(=O)Cn1cc(/C=C2\SC(=S)N(C[C@@H]3CCCO3)C2=O)c2cc(Br)ccc21. The summed E-state index contributed by atoms with van der Waals surface area (Å²) in [7, 11) is 0. The lowest BCUT2D eigenvalue weighted by molar-refractivity contribution is -0.135. The Hall–Kier alpha value is -1.68. The van der Waals surface area contributed by atoms with E-state index in [-0.39, 0.29) is 30.5 Å². The number of aromatic nitrogens is 1. The molecule has 0 radical (unpaired) electrons. The van der Waals surface area contributed by atoms with Crippen LogP contribution in [0.15, 0.2) is 33.8 Å². The van der Waals surface area contributed by atoms with Crippen LogP contribution in [0.1, 0.15) is 44.6 Å². The Morgan fingerprint density at radius 1 is 1.29 bits per heavy atom. The zero-order chi connectivity index (χ0) is 23.8. The first kappa shape index (κ1) is 24.0. The lowest BCUT2D eigenvalue weighted by Gasteiger charge is -2.33. The highest BCUT2D eigenvalue weighted by Crippen LogP contribution is 2.36. The maximum absolute atomic E-state index is 13.2. The van der Waals surface area contributed by atoms with E-state index in [0.29, 0.717) is 15.8 Å². The molecule has 9 heteroatoms. The number of rotatable bonds is 5. The highest BCUT2D eigenvalue weighted by atomic mass is 79.9. The second kappa shape index (κ2) is 10.1. The topological polar surface area (TPSA) is 54.8 Å². The van der Waals surface area contributed by atoms with Crippen LogP contribution in [0.2, 0.25) is 0 Å². The third kappa shape index (κ3) is 4.85.